The summed E-state index contributed by atoms with van der Waals surface area (Å²) in [6.45, 7) is 0.432. The number of rotatable bonds is 1. The molecule has 3 rings (SSSR count). The molecule has 0 aliphatic carbocycles. The van der Waals surface area contributed by atoms with Crippen molar-refractivity contribution in [2.24, 2.45) is 0 Å². The first kappa shape index (κ1) is 14.1. The Labute approximate surface area is 123 Å². The third-order valence-corrected chi connectivity index (χ3v) is 3.95. The lowest BCUT2D eigenvalue weighted by molar-refractivity contribution is -0.137. The quantitative estimate of drug-likeness (QED) is 0.794. The molecule has 2 heterocycles. The molecule has 4 nitrogen and oxygen atoms in total. The number of aromatic nitrogens is 2. The van der Waals surface area contributed by atoms with Gasteiger partial charge in [-0.2, -0.15) is 13.2 Å². The maximum atomic E-state index is 12.7. The first-order chi connectivity index (χ1) is 9.86. The summed E-state index contributed by atoms with van der Waals surface area (Å²) in [4.78, 5) is 14.0. The molecule has 0 saturated carbocycles. The minimum Gasteiger partial charge on any atom is -0.354 e. The highest BCUT2D eigenvalue weighted by molar-refractivity contribution is 7.71. The Morgan fingerprint density at radius 2 is 2.10 bits per heavy atom. The van der Waals surface area contributed by atoms with Gasteiger partial charge in [0.2, 0.25) is 5.91 Å². The molecule has 2 aromatic rings. The summed E-state index contributed by atoms with van der Waals surface area (Å²) in [6, 6.07) is 3.48. The molecule has 0 spiro atoms. The molecule has 1 unspecified atom stereocenters. The van der Waals surface area contributed by atoms with Crippen molar-refractivity contribution in [3.05, 3.63) is 28.5 Å². The van der Waals surface area contributed by atoms with E-state index in [1.165, 1.54) is 6.07 Å². The van der Waals surface area contributed by atoms with Crippen LogP contribution in [-0.2, 0) is 11.0 Å². The Hall–Kier alpha value is -1.83. The Morgan fingerprint density at radius 3 is 2.71 bits per heavy atom. The fourth-order valence-corrected chi connectivity index (χ4v) is 2.97. The van der Waals surface area contributed by atoms with Gasteiger partial charge in [-0.1, -0.05) is 0 Å². The van der Waals surface area contributed by atoms with Crippen molar-refractivity contribution in [3.63, 3.8) is 0 Å². The van der Waals surface area contributed by atoms with Crippen molar-refractivity contribution < 1.29 is 18.0 Å². The second kappa shape index (κ2) is 4.87. The van der Waals surface area contributed by atoms with Gasteiger partial charge in [-0.05, 0) is 36.8 Å². The van der Waals surface area contributed by atoms with E-state index in [4.69, 9.17) is 12.2 Å². The number of piperidine rings is 1. The Balaban J connectivity index is 2.06. The molecule has 1 fully saturated rings. The lowest BCUT2D eigenvalue weighted by Gasteiger charge is -2.24. The number of nitrogens with zero attached hydrogens (tertiary/aromatic N) is 1. The number of benzene rings is 1. The van der Waals surface area contributed by atoms with Crippen LogP contribution in [0.15, 0.2) is 18.2 Å². The minimum atomic E-state index is -4.38. The van der Waals surface area contributed by atoms with Gasteiger partial charge in [0, 0.05) is 13.0 Å². The molecule has 1 aliphatic rings. The number of carbonyl (C=O) groups excluding carboxylic acids is 1. The third kappa shape index (κ3) is 2.55. The van der Waals surface area contributed by atoms with Gasteiger partial charge >= 0.3 is 6.18 Å². The van der Waals surface area contributed by atoms with Gasteiger partial charge in [0.25, 0.3) is 0 Å². The molecule has 1 amide bonds. The van der Waals surface area contributed by atoms with Crippen molar-refractivity contribution in [1.29, 1.82) is 0 Å². The molecule has 1 atom stereocenters. The predicted molar refractivity (Wildman–Crippen MR) is 73.4 cm³/mol. The number of hydrogen-bond donors (Lipinski definition) is 2. The van der Waals surface area contributed by atoms with Gasteiger partial charge in [0.05, 0.1) is 22.6 Å². The van der Waals surface area contributed by atoms with E-state index in [-0.39, 0.29) is 11.9 Å². The molecule has 1 aliphatic heterocycles. The number of halogens is 3. The molecular formula is C13H12F3N3OS. The van der Waals surface area contributed by atoms with Crippen LogP contribution in [0.1, 0.15) is 24.4 Å². The van der Waals surface area contributed by atoms with Gasteiger partial charge in [-0.15, -0.1) is 0 Å². The van der Waals surface area contributed by atoms with Gasteiger partial charge in [0.15, 0.2) is 4.77 Å². The molecule has 1 saturated heterocycles. The monoisotopic (exact) mass is 315 g/mol. The molecule has 8 heteroatoms. The van der Waals surface area contributed by atoms with E-state index in [1.54, 1.807) is 4.57 Å². The second-order valence-corrected chi connectivity index (χ2v) is 5.41. The Kier molecular flexibility index (Phi) is 3.27. The van der Waals surface area contributed by atoms with Crippen molar-refractivity contribution in [1.82, 2.24) is 14.9 Å². The lowest BCUT2D eigenvalue weighted by atomic mass is 10.1. The first-order valence-corrected chi connectivity index (χ1v) is 6.85. The molecule has 2 N–H and O–H groups in total. The zero-order valence-electron chi connectivity index (χ0n) is 10.8. The minimum absolute atomic E-state index is 0.0167. The third-order valence-electron chi connectivity index (χ3n) is 3.65. The van der Waals surface area contributed by atoms with E-state index in [0.717, 1.165) is 12.1 Å². The number of carbonyl (C=O) groups is 1. The SMILES string of the molecule is O=C1CCC(n2c(=S)[nH]c3cc(C(F)(F)F)ccc32)CN1. The van der Waals surface area contributed by atoms with Gasteiger partial charge < -0.3 is 14.9 Å². The smallest absolute Gasteiger partial charge is 0.354 e. The Bertz CT molecular complexity index is 752. The lowest BCUT2D eigenvalue weighted by Crippen LogP contribution is -2.36. The largest absolute Gasteiger partial charge is 0.416 e. The normalized spacial score (nSPS) is 19.8. The van der Waals surface area contributed by atoms with Gasteiger partial charge in [-0.3, -0.25) is 4.79 Å². The van der Waals surface area contributed by atoms with Crippen molar-refractivity contribution in [2.75, 3.05) is 6.54 Å². The van der Waals surface area contributed by atoms with Crippen molar-refractivity contribution in [2.45, 2.75) is 25.1 Å². The maximum absolute atomic E-state index is 12.7. The summed E-state index contributed by atoms with van der Waals surface area (Å²) in [7, 11) is 0. The first-order valence-electron chi connectivity index (χ1n) is 6.44. The highest BCUT2D eigenvalue weighted by Crippen LogP contribution is 2.32. The number of amides is 1. The highest BCUT2D eigenvalue weighted by atomic mass is 32.1. The van der Waals surface area contributed by atoms with E-state index in [0.29, 0.717) is 35.2 Å². The van der Waals surface area contributed by atoms with Crippen LogP contribution in [0.2, 0.25) is 0 Å². The molecular weight excluding hydrogens is 303 g/mol. The number of imidazole rings is 1. The number of hydrogen-bond acceptors (Lipinski definition) is 2. The number of alkyl halides is 3. The fourth-order valence-electron chi connectivity index (χ4n) is 2.61. The van der Waals surface area contributed by atoms with Crippen LogP contribution in [0.3, 0.4) is 0 Å². The summed E-state index contributed by atoms with van der Waals surface area (Å²) in [5, 5.41) is 2.75. The Morgan fingerprint density at radius 1 is 1.33 bits per heavy atom. The second-order valence-electron chi connectivity index (χ2n) is 5.03. The molecule has 21 heavy (non-hydrogen) atoms. The van der Waals surface area contributed by atoms with E-state index < -0.39 is 11.7 Å². The van der Waals surface area contributed by atoms with Gasteiger partial charge in [-0.25, -0.2) is 0 Å². The highest BCUT2D eigenvalue weighted by Gasteiger charge is 2.31. The van der Waals surface area contributed by atoms with E-state index in [1.807, 2.05) is 0 Å². The number of nitrogens with one attached hydrogen (secondary N) is 2. The van der Waals surface area contributed by atoms with Crippen LogP contribution in [0.25, 0.3) is 11.0 Å². The zero-order chi connectivity index (χ0) is 15.2. The van der Waals surface area contributed by atoms with Crippen LogP contribution in [0.4, 0.5) is 13.2 Å². The predicted octanol–water partition coefficient (Wildman–Crippen LogP) is 3.17. The van der Waals surface area contributed by atoms with Crippen LogP contribution in [-0.4, -0.2) is 22.0 Å². The van der Waals surface area contributed by atoms with Crippen LogP contribution < -0.4 is 5.32 Å². The molecule has 112 valence electrons. The van der Waals surface area contributed by atoms with Crippen molar-refractivity contribution >= 4 is 29.2 Å². The summed E-state index contributed by atoms with van der Waals surface area (Å²) < 4.78 is 40.3. The summed E-state index contributed by atoms with van der Waals surface area (Å²) in [5.74, 6) is -0.0167. The zero-order valence-corrected chi connectivity index (χ0v) is 11.6. The number of fused-ring (bicyclic) bond motifs is 1. The fraction of sp³-hybridized carbons (Fsp3) is 0.385. The number of H-pyrrole nitrogens is 1. The molecule has 0 bridgehead atoms. The van der Waals surface area contributed by atoms with Crippen molar-refractivity contribution in [3.8, 4) is 0 Å². The average molecular weight is 315 g/mol. The molecule has 1 aromatic heterocycles. The van der Waals surface area contributed by atoms with E-state index in [9.17, 15) is 18.0 Å². The summed E-state index contributed by atoms with van der Waals surface area (Å²) in [5.41, 5.74) is 0.260. The average Bonchev–Trinajstić information content (AvgIpc) is 2.74. The van der Waals surface area contributed by atoms with Crippen LogP contribution in [0, 0.1) is 4.77 Å². The molecule has 0 radical (unpaired) electrons. The van der Waals surface area contributed by atoms with Gasteiger partial charge in [0.1, 0.15) is 0 Å². The van der Waals surface area contributed by atoms with Crippen LogP contribution in [0.5, 0.6) is 0 Å². The number of aromatic amines is 1. The topological polar surface area (TPSA) is 49.8 Å². The van der Waals surface area contributed by atoms with E-state index >= 15 is 0 Å². The van der Waals surface area contributed by atoms with Crippen LogP contribution >= 0.6 is 12.2 Å². The summed E-state index contributed by atoms with van der Waals surface area (Å²) >= 11 is 5.21. The maximum Gasteiger partial charge on any atom is 0.416 e. The standard InChI is InChI=1S/C13H12F3N3OS/c14-13(15,16)7-1-3-10-9(5-7)18-12(21)19(10)8-2-4-11(20)17-6-8/h1,3,5,8H,2,4,6H2,(H,17,20)(H,18,21). The summed E-state index contributed by atoms with van der Waals surface area (Å²) in [6.07, 6.45) is -3.38. The molecule has 1 aromatic carbocycles. The van der Waals surface area contributed by atoms with E-state index in [2.05, 4.69) is 10.3 Å².